The molecule has 0 saturated heterocycles. The summed E-state index contributed by atoms with van der Waals surface area (Å²) in [6.45, 7) is 0. The van der Waals surface area contributed by atoms with Crippen molar-refractivity contribution >= 4 is 17.5 Å². The van der Waals surface area contributed by atoms with Gasteiger partial charge in [0.1, 0.15) is 11.5 Å². The van der Waals surface area contributed by atoms with Gasteiger partial charge in [0.05, 0.1) is 26.2 Å². The summed E-state index contributed by atoms with van der Waals surface area (Å²) >= 11 is 0. The van der Waals surface area contributed by atoms with Crippen molar-refractivity contribution in [3.63, 3.8) is 0 Å². The highest BCUT2D eigenvalue weighted by Crippen LogP contribution is 2.42. The molecule has 1 heterocycles. The molecule has 2 unspecified atom stereocenters. The van der Waals surface area contributed by atoms with E-state index in [-0.39, 0.29) is 11.8 Å². The third kappa shape index (κ3) is 3.84. The zero-order valence-corrected chi connectivity index (χ0v) is 17.7. The molecule has 0 fully saturated rings. The van der Waals surface area contributed by atoms with E-state index in [4.69, 9.17) is 9.47 Å². The number of likely N-dealkylation sites (N-methyl/N-ethyl adjacent to an activating group) is 1. The number of ether oxygens (including phenoxy) is 2. The van der Waals surface area contributed by atoms with Crippen LogP contribution in [0.1, 0.15) is 33.4 Å². The van der Waals surface area contributed by atoms with Gasteiger partial charge in [0.25, 0.3) is 5.91 Å². The third-order valence-electron chi connectivity index (χ3n) is 5.68. The average molecular weight is 416 g/mol. The fraction of sp³-hybridized carbons (Fsp3) is 0.200. The Bertz CT molecular complexity index is 1090. The van der Waals surface area contributed by atoms with E-state index in [1.165, 1.54) is 0 Å². The first-order valence-corrected chi connectivity index (χ1v) is 9.98. The topological polar surface area (TPSA) is 67.9 Å². The molecule has 31 heavy (non-hydrogen) atoms. The minimum absolute atomic E-state index is 0.107. The number of amides is 2. The van der Waals surface area contributed by atoms with Crippen LogP contribution < -0.4 is 14.8 Å². The minimum atomic E-state index is -0.575. The summed E-state index contributed by atoms with van der Waals surface area (Å²) < 4.78 is 10.5. The highest BCUT2D eigenvalue weighted by atomic mass is 16.5. The molecule has 2 amide bonds. The van der Waals surface area contributed by atoms with Crippen LogP contribution in [0.2, 0.25) is 0 Å². The van der Waals surface area contributed by atoms with E-state index < -0.39 is 12.0 Å². The van der Waals surface area contributed by atoms with E-state index >= 15 is 0 Å². The van der Waals surface area contributed by atoms with Crippen LogP contribution in [0.25, 0.3) is 0 Å². The Morgan fingerprint density at radius 1 is 0.871 bits per heavy atom. The number of benzene rings is 3. The Morgan fingerprint density at radius 2 is 1.45 bits per heavy atom. The number of hydrogen-bond donors (Lipinski definition) is 1. The van der Waals surface area contributed by atoms with Gasteiger partial charge in [0, 0.05) is 18.3 Å². The normalized spacial score (nSPS) is 17.6. The van der Waals surface area contributed by atoms with Gasteiger partial charge in [-0.15, -0.1) is 0 Å². The Balaban J connectivity index is 1.75. The molecule has 0 aliphatic carbocycles. The SMILES string of the molecule is COc1ccc(NC(=O)C2c3ccccc3C(=O)N(C)C2c2ccc(OC)cc2)cc1. The molecule has 158 valence electrons. The molecular weight excluding hydrogens is 392 g/mol. The molecule has 1 aliphatic heterocycles. The van der Waals surface area contributed by atoms with Crippen molar-refractivity contribution in [1.29, 1.82) is 0 Å². The predicted octanol–water partition coefficient (Wildman–Crippen LogP) is 4.25. The number of hydrogen-bond acceptors (Lipinski definition) is 4. The number of anilines is 1. The number of fused-ring (bicyclic) bond motifs is 1. The van der Waals surface area contributed by atoms with Gasteiger partial charge in [0.15, 0.2) is 0 Å². The van der Waals surface area contributed by atoms with Gasteiger partial charge in [-0.25, -0.2) is 0 Å². The van der Waals surface area contributed by atoms with Gasteiger partial charge in [-0.2, -0.15) is 0 Å². The van der Waals surface area contributed by atoms with Gasteiger partial charge >= 0.3 is 0 Å². The van der Waals surface area contributed by atoms with Crippen molar-refractivity contribution in [2.24, 2.45) is 0 Å². The average Bonchev–Trinajstić information content (AvgIpc) is 2.81. The van der Waals surface area contributed by atoms with Crippen molar-refractivity contribution in [3.05, 3.63) is 89.5 Å². The molecule has 6 nitrogen and oxygen atoms in total. The van der Waals surface area contributed by atoms with Crippen LogP contribution in [-0.2, 0) is 4.79 Å². The summed E-state index contributed by atoms with van der Waals surface area (Å²) in [4.78, 5) is 28.3. The Hall–Kier alpha value is -3.80. The monoisotopic (exact) mass is 416 g/mol. The second-order valence-electron chi connectivity index (χ2n) is 7.42. The van der Waals surface area contributed by atoms with Crippen LogP contribution in [0.5, 0.6) is 11.5 Å². The fourth-order valence-corrected chi connectivity index (χ4v) is 4.07. The maximum atomic E-state index is 13.5. The molecule has 0 radical (unpaired) electrons. The summed E-state index contributed by atoms with van der Waals surface area (Å²) in [5.74, 6) is 0.563. The summed E-state index contributed by atoms with van der Waals surface area (Å²) in [6.07, 6.45) is 0. The third-order valence-corrected chi connectivity index (χ3v) is 5.68. The summed E-state index contributed by atoms with van der Waals surface area (Å²) in [6, 6.07) is 21.5. The number of rotatable bonds is 5. The van der Waals surface area contributed by atoms with Gasteiger partial charge in [-0.3, -0.25) is 9.59 Å². The Labute approximate surface area is 181 Å². The number of methoxy groups -OCH3 is 2. The van der Waals surface area contributed by atoms with E-state index in [2.05, 4.69) is 5.32 Å². The second kappa shape index (κ2) is 8.52. The molecule has 0 spiro atoms. The molecule has 0 bridgehead atoms. The fourth-order valence-electron chi connectivity index (χ4n) is 4.07. The first kappa shape index (κ1) is 20.5. The first-order chi connectivity index (χ1) is 15.0. The second-order valence-corrected chi connectivity index (χ2v) is 7.42. The maximum Gasteiger partial charge on any atom is 0.254 e. The van der Waals surface area contributed by atoms with Crippen LogP contribution in [-0.4, -0.2) is 38.0 Å². The largest absolute Gasteiger partial charge is 0.497 e. The quantitative estimate of drug-likeness (QED) is 0.675. The number of nitrogens with zero attached hydrogens (tertiary/aromatic N) is 1. The molecule has 3 aromatic carbocycles. The number of carbonyl (C=O) groups is 2. The predicted molar refractivity (Wildman–Crippen MR) is 119 cm³/mol. The molecule has 1 N–H and O–H groups in total. The van der Waals surface area contributed by atoms with Crippen LogP contribution in [0.3, 0.4) is 0 Å². The van der Waals surface area contributed by atoms with Gasteiger partial charge in [-0.05, 0) is 53.6 Å². The maximum absolute atomic E-state index is 13.5. The first-order valence-electron chi connectivity index (χ1n) is 9.98. The summed E-state index contributed by atoms with van der Waals surface area (Å²) in [5, 5.41) is 3.00. The highest BCUT2D eigenvalue weighted by molar-refractivity contribution is 6.04. The van der Waals surface area contributed by atoms with E-state index in [9.17, 15) is 9.59 Å². The van der Waals surface area contributed by atoms with Gasteiger partial charge in [0.2, 0.25) is 5.91 Å². The zero-order chi connectivity index (χ0) is 22.0. The van der Waals surface area contributed by atoms with E-state index in [0.29, 0.717) is 22.7 Å². The molecule has 4 rings (SSSR count). The van der Waals surface area contributed by atoms with Crippen LogP contribution >= 0.6 is 0 Å². The zero-order valence-electron chi connectivity index (χ0n) is 17.7. The lowest BCUT2D eigenvalue weighted by Gasteiger charge is -2.39. The van der Waals surface area contributed by atoms with Crippen molar-refractivity contribution in [2.75, 3.05) is 26.6 Å². The summed E-state index contributed by atoms with van der Waals surface area (Å²) in [7, 11) is 4.94. The van der Waals surface area contributed by atoms with E-state index in [1.54, 1.807) is 56.5 Å². The number of carbonyl (C=O) groups excluding carboxylic acids is 2. The van der Waals surface area contributed by atoms with E-state index in [0.717, 1.165) is 11.1 Å². The van der Waals surface area contributed by atoms with Crippen LogP contribution in [0.15, 0.2) is 72.8 Å². The molecule has 1 aliphatic rings. The van der Waals surface area contributed by atoms with Crippen molar-refractivity contribution in [2.45, 2.75) is 12.0 Å². The molecule has 2 atom stereocenters. The van der Waals surface area contributed by atoms with Crippen molar-refractivity contribution in [3.8, 4) is 11.5 Å². The molecule has 0 saturated carbocycles. The van der Waals surface area contributed by atoms with Crippen LogP contribution in [0.4, 0.5) is 5.69 Å². The molecule has 0 aromatic heterocycles. The Kier molecular flexibility index (Phi) is 5.62. The van der Waals surface area contributed by atoms with Gasteiger partial charge < -0.3 is 19.7 Å². The number of nitrogens with one attached hydrogen (secondary N) is 1. The van der Waals surface area contributed by atoms with Crippen LogP contribution in [0, 0.1) is 0 Å². The minimum Gasteiger partial charge on any atom is -0.497 e. The highest BCUT2D eigenvalue weighted by Gasteiger charge is 2.42. The molecule has 6 heteroatoms. The van der Waals surface area contributed by atoms with E-state index in [1.807, 2.05) is 42.5 Å². The Morgan fingerprint density at radius 3 is 2.06 bits per heavy atom. The smallest absolute Gasteiger partial charge is 0.254 e. The lowest BCUT2D eigenvalue weighted by atomic mass is 9.79. The van der Waals surface area contributed by atoms with Crippen molar-refractivity contribution in [1.82, 2.24) is 4.90 Å². The summed E-state index contributed by atoms with van der Waals surface area (Å²) in [5.41, 5.74) is 2.79. The van der Waals surface area contributed by atoms with Gasteiger partial charge in [-0.1, -0.05) is 30.3 Å². The lowest BCUT2D eigenvalue weighted by molar-refractivity contribution is -0.119. The molecule has 3 aromatic rings. The molecular formula is C25H24N2O4. The lowest BCUT2D eigenvalue weighted by Crippen LogP contribution is -2.44. The van der Waals surface area contributed by atoms with Crippen molar-refractivity contribution < 1.29 is 19.1 Å². The standard InChI is InChI=1S/C25H24N2O4/c1-27-23(16-8-12-18(30-2)13-9-16)22(20-6-4-5-7-21(20)25(27)29)24(28)26-17-10-14-19(31-3)15-11-17/h4-15,22-23H,1-3H3,(H,26,28).